The number of piperazine rings is 1. The number of ketones is 1. The van der Waals surface area contributed by atoms with Crippen molar-refractivity contribution >= 4 is 46.7 Å². The fourth-order valence-electron chi connectivity index (χ4n) is 5.15. The van der Waals surface area contributed by atoms with E-state index in [1.807, 2.05) is 44.4 Å². The average molecular weight is 625 g/mol. The Hall–Kier alpha value is -3.84. The number of aliphatic hydroxyl groups excluding tert-OH is 1. The van der Waals surface area contributed by atoms with Gasteiger partial charge in [-0.2, -0.15) is 4.37 Å². The number of primary amides is 1. The molecule has 2 aromatic carbocycles. The van der Waals surface area contributed by atoms with Crippen LogP contribution in [0.4, 0.5) is 4.79 Å². The number of urea groups is 1. The van der Waals surface area contributed by atoms with Gasteiger partial charge in [-0.05, 0) is 68.2 Å². The highest BCUT2D eigenvalue weighted by Gasteiger charge is 2.46. The van der Waals surface area contributed by atoms with Crippen molar-refractivity contribution in [2.24, 2.45) is 10.7 Å². The number of carbonyl (C=O) groups excluding carboxylic acids is 3. The van der Waals surface area contributed by atoms with Gasteiger partial charge < -0.3 is 20.5 Å². The average Bonchev–Trinajstić information content (AvgIpc) is 3.60. The normalized spacial score (nSPS) is 20.6. The number of rotatable bonds is 7. The minimum atomic E-state index is -0.876. The summed E-state index contributed by atoms with van der Waals surface area (Å²) in [6, 6.07) is 12.4. The summed E-state index contributed by atoms with van der Waals surface area (Å²) in [5.74, 6) is -0.551. The molecule has 2 aliphatic rings. The number of aliphatic hydroxyl groups is 1. The van der Waals surface area contributed by atoms with Crippen LogP contribution >= 0.6 is 23.1 Å². The van der Waals surface area contributed by atoms with E-state index >= 15 is 0 Å². The molecular formula is C30H33ClN6O5S. The lowest BCUT2D eigenvalue weighted by Crippen LogP contribution is -2.56. The van der Waals surface area contributed by atoms with E-state index in [9.17, 15) is 19.5 Å². The third-order valence-electron chi connectivity index (χ3n) is 6.97. The number of ether oxygens (including phenoxy) is 1. The van der Waals surface area contributed by atoms with Gasteiger partial charge in [0.05, 0.1) is 30.3 Å². The van der Waals surface area contributed by atoms with Crippen molar-refractivity contribution in [2.45, 2.75) is 51.1 Å². The molecule has 3 heterocycles. The largest absolute Gasteiger partial charge is 0.487 e. The standard InChI is InChI=1S/C30H33ClN6O5S/c1-30(2,3)42-23-14-18(22(38)15-24(32)39)6-9-20(23)28-34-26(21-10-13-43-35-21)27(17-4-7-19(31)8-5-17)37(28)29(41)36-12-11-33-25(40)16-36/h4-10,13-14,25-27,33,40H,11-12,15-16H2,1-3H3,(H2,32,39). The minimum Gasteiger partial charge on any atom is -0.487 e. The summed E-state index contributed by atoms with van der Waals surface area (Å²) in [4.78, 5) is 47.0. The van der Waals surface area contributed by atoms with Gasteiger partial charge in [-0.25, -0.2) is 4.79 Å². The molecule has 1 aromatic heterocycles. The predicted octanol–water partition coefficient (Wildman–Crippen LogP) is 3.92. The van der Waals surface area contributed by atoms with Crippen molar-refractivity contribution in [3.63, 3.8) is 0 Å². The van der Waals surface area contributed by atoms with Crippen LogP contribution in [0.15, 0.2) is 58.9 Å². The molecule has 3 aromatic rings. The predicted molar refractivity (Wildman–Crippen MR) is 163 cm³/mol. The number of aromatic nitrogens is 1. The number of hydrogen-bond acceptors (Lipinski definition) is 9. The van der Waals surface area contributed by atoms with E-state index in [0.717, 1.165) is 5.56 Å². The Balaban J connectivity index is 1.69. The van der Waals surface area contributed by atoms with E-state index in [1.54, 1.807) is 40.1 Å². The molecule has 0 radical (unpaired) electrons. The second kappa shape index (κ2) is 12.4. The number of amides is 3. The monoisotopic (exact) mass is 624 g/mol. The molecule has 0 spiro atoms. The fourth-order valence-corrected chi connectivity index (χ4v) is 5.83. The third kappa shape index (κ3) is 6.88. The lowest BCUT2D eigenvalue weighted by molar-refractivity contribution is -0.117. The summed E-state index contributed by atoms with van der Waals surface area (Å²) in [7, 11) is 0. The van der Waals surface area contributed by atoms with Gasteiger partial charge in [-0.3, -0.25) is 24.8 Å². The van der Waals surface area contributed by atoms with Crippen LogP contribution in [0.2, 0.25) is 5.02 Å². The SMILES string of the molecule is CC(C)(C)Oc1cc(C(=O)CC(N)=O)ccc1C1=NC(c2ccsn2)C(c2ccc(Cl)cc2)N1C(=O)N1CCNC(O)C1. The van der Waals surface area contributed by atoms with Crippen LogP contribution in [0.3, 0.4) is 0 Å². The zero-order chi connectivity index (χ0) is 30.9. The number of Topliss-reactive ketones (excluding diaryl/α,β-unsaturated/α-hetero) is 1. The second-order valence-electron chi connectivity index (χ2n) is 11.4. The number of nitrogens with one attached hydrogen (secondary N) is 1. The molecule has 11 nitrogen and oxygen atoms in total. The number of halogens is 1. The first-order chi connectivity index (χ1) is 20.4. The lowest BCUT2D eigenvalue weighted by Gasteiger charge is -2.37. The zero-order valence-corrected chi connectivity index (χ0v) is 25.6. The van der Waals surface area contributed by atoms with Crippen molar-refractivity contribution in [3.8, 4) is 5.75 Å². The van der Waals surface area contributed by atoms with Gasteiger partial charge in [0.25, 0.3) is 0 Å². The van der Waals surface area contributed by atoms with Gasteiger partial charge in [-0.15, -0.1) is 0 Å². The van der Waals surface area contributed by atoms with Gasteiger partial charge >= 0.3 is 6.03 Å². The van der Waals surface area contributed by atoms with Gasteiger partial charge in [0.2, 0.25) is 5.91 Å². The Morgan fingerprint density at radius 1 is 1.16 bits per heavy atom. The van der Waals surface area contributed by atoms with Crippen molar-refractivity contribution in [1.82, 2.24) is 19.5 Å². The first-order valence-corrected chi connectivity index (χ1v) is 15.0. The zero-order valence-electron chi connectivity index (χ0n) is 24.0. The van der Waals surface area contributed by atoms with E-state index in [2.05, 4.69) is 9.69 Å². The molecule has 3 amide bonds. The molecule has 43 heavy (non-hydrogen) atoms. The van der Waals surface area contributed by atoms with E-state index < -0.39 is 42.0 Å². The maximum atomic E-state index is 14.4. The number of β-amino-alcohol motifs (C(OH)–C–C–N with tert-alkyl or cyclic N) is 1. The first kappa shape index (κ1) is 30.6. The van der Waals surface area contributed by atoms with Gasteiger partial charge in [0.15, 0.2) is 5.78 Å². The minimum absolute atomic E-state index is 0.0865. The van der Waals surface area contributed by atoms with E-state index in [4.69, 9.17) is 27.1 Å². The molecule has 0 bridgehead atoms. The number of hydrogen-bond donors (Lipinski definition) is 3. The second-order valence-corrected chi connectivity index (χ2v) is 12.5. The fraction of sp³-hybridized carbons (Fsp3) is 0.367. The Bertz CT molecular complexity index is 1540. The van der Waals surface area contributed by atoms with Crippen LogP contribution in [0.25, 0.3) is 0 Å². The van der Waals surface area contributed by atoms with Crippen LogP contribution in [0.1, 0.15) is 66.5 Å². The summed E-state index contributed by atoms with van der Waals surface area (Å²) in [6.07, 6.45) is -1.32. The van der Waals surface area contributed by atoms with Crippen LogP contribution < -0.4 is 15.8 Å². The van der Waals surface area contributed by atoms with Crippen molar-refractivity contribution < 1.29 is 24.2 Å². The van der Waals surface area contributed by atoms with Crippen LogP contribution in [-0.2, 0) is 4.79 Å². The Morgan fingerprint density at radius 3 is 2.53 bits per heavy atom. The molecule has 1 saturated heterocycles. The van der Waals surface area contributed by atoms with Gasteiger partial charge in [0, 0.05) is 29.1 Å². The summed E-state index contributed by atoms with van der Waals surface area (Å²) < 4.78 is 10.9. The van der Waals surface area contributed by atoms with Gasteiger partial charge in [0.1, 0.15) is 29.5 Å². The number of aliphatic imine (C=N–C) groups is 1. The van der Waals surface area contributed by atoms with Crippen molar-refractivity contribution in [3.05, 3.63) is 81.3 Å². The molecule has 4 N–H and O–H groups in total. The Morgan fingerprint density at radius 2 is 1.91 bits per heavy atom. The quantitative estimate of drug-likeness (QED) is 0.266. The first-order valence-electron chi connectivity index (χ1n) is 13.8. The number of nitrogens with two attached hydrogens (primary N) is 1. The van der Waals surface area contributed by atoms with E-state index in [1.165, 1.54) is 11.5 Å². The number of benzene rings is 2. The molecule has 2 aliphatic heterocycles. The summed E-state index contributed by atoms with van der Waals surface area (Å²) in [5.41, 5.74) is 6.79. The van der Waals surface area contributed by atoms with Crippen LogP contribution in [0, 0.1) is 0 Å². The van der Waals surface area contributed by atoms with Crippen molar-refractivity contribution in [2.75, 3.05) is 19.6 Å². The molecular weight excluding hydrogens is 592 g/mol. The summed E-state index contributed by atoms with van der Waals surface area (Å²) in [6.45, 7) is 6.48. The topological polar surface area (TPSA) is 150 Å². The van der Waals surface area contributed by atoms with Crippen LogP contribution in [-0.4, -0.2) is 74.3 Å². The summed E-state index contributed by atoms with van der Waals surface area (Å²) >= 11 is 7.52. The molecule has 0 saturated carbocycles. The molecule has 3 unspecified atom stereocenters. The number of carbonyl (C=O) groups is 3. The maximum absolute atomic E-state index is 14.4. The van der Waals surface area contributed by atoms with E-state index in [0.29, 0.717) is 41.0 Å². The maximum Gasteiger partial charge on any atom is 0.326 e. The molecule has 226 valence electrons. The number of nitrogens with zero attached hydrogens (tertiary/aromatic N) is 4. The molecule has 13 heteroatoms. The highest BCUT2D eigenvalue weighted by Crippen LogP contribution is 2.45. The van der Waals surface area contributed by atoms with E-state index in [-0.39, 0.29) is 18.1 Å². The highest BCUT2D eigenvalue weighted by atomic mass is 35.5. The smallest absolute Gasteiger partial charge is 0.326 e. The van der Waals surface area contributed by atoms with Crippen molar-refractivity contribution in [1.29, 1.82) is 0 Å². The third-order valence-corrected chi connectivity index (χ3v) is 7.79. The molecule has 1 fully saturated rings. The molecule has 0 aliphatic carbocycles. The molecule has 5 rings (SSSR count). The highest BCUT2D eigenvalue weighted by molar-refractivity contribution is 7.03. The lowest BCUT2D eigenvalue weighted by atomic mass is 9.97. The van der Waals surface area contributed by atoms with Crippen LogP contribution in [0.5, 0.6) is 5.75 Å². The molecule has 3 atom stereocenters. The van der Waals surface area contributed by atoms with Gasteiger partial charge in [-0.1, -0.05) is 29.8 Å². The Labute approximate surface area is 258 Å². The number of amidine groups is 1. The summed E-state index contributed by atoms with van der Waals surface area (Å²) in [5, 5.41) is 15.7. The Kier molecular flexibility index (Phi) is 8.84.